The second kappa shape index (κ2) is 4.75. The van der Waals surface area contributed by atoms with E-state index in [4.69, 9.17) is 10.3 Å². The molecule has 6 nitrogen and oxygen atoms in total. The lowest BCUT2D eigenvalue weighted by Crippen LogP contribution is -2.10. The fraction of sp³-hybridized carbons (Fsp3) is 0.300. The molecule has 0 amide bonds. The van der Waals surface area contributed by atoms with Crippen LogP contribution in [-0.4, -0.2) is 15.1 Å². The van der Waals surface area contributed by atoms with Crippen LogP contribution >= 0.6 is 0 Å². The molecule has 2 aromatic heterocycles. The van der Waals surface area contributed by atoms with E-state index >= 15 is 0 Å². The third kappa shape index (κ3) is 3.33. The highest BCUT2D eigenvalue weighted by molar-refractivity contribution is 5.47. The Morgan fingerprint density at radius 3 is 2.63 bits per heavy atom. The fourth-order valence-electron chi connectivity index (χ4n) is 1.38. The molecule has 0 bridgehead atoms. The average Bonchev–Trinajstić information content (AvgIpc) is 2.71. The van der Waals surface area contributed by atoms with Crippen molar-refractivity contribution in [1.29, 1.82) is 0 Å². The first-order valence-corrected chi connectivity index (χ1v) is 5.22. The molecule has 2 aromatic rings. The predicted molar refractivity (Wildman–Crippen MR) is 60.0 cm³/mol. The Morgan fingerprint density at radius 1 is 1.32 bits per heavy atom. The van der Waals surface area contributed by atoms with E-state index in [1.165, 1.54) is 0 Å². The maximum Gasteiger partial charge on any atom is 0.416 e. The monoisotopic (exact) mass is 273 g/mol. The molecule has 0 aliphatic rings. The van der Waals surface area contributed by atoms with Crippen molar-refractivity contribution in [3.8, 4) is 0 Å². The van der Waals surface area contributed by atoms with Gasteiger partial charge in [-0.05, 0) is 19.1 Å². The Labute approximate surface area is 105 Å². The minimum Gasteiger partial charge on any atom is -0.384 e. The molecule has 0 aromatic carbocycles. The summed E-state index contributed by atoms with van der Waals surface area (Å²) in [5.74, 6) is 0.450. The smallest absolute Gasteiger partial charge is 0.384 e. The maximum atomic E-state index is 12.6. The molecule has 3 N–H and O–H groups in total. The SMILES string of the molecule is Cc1noc(CNc2cc(C(F)(F)F)cc(N)n2)n1. The molecule has 19 heavy (non-hydrogen) atoms. The van der Waals surface area contributed by atoms with Crippen LogP contribution in [0.2, 0.25) is 0 Å². The van der Waals surface area contributed by atoms with Gasteiger partial charge < -0.3 is 15.6 Å². The zero-order chi connectivity index (χ0) is 14.0. The summed E-state index contributed by atoms with van der Waals surface area (Å²) in [4.78, 5) is 7.64. The summed E-state index contributed by atoms with van der Waals surface area (Å²) in [6.07, 6.45) is -4.48. The van der Waals surface area contributed by atoms with Crippen molar-refractivity contribution in [2.24, 2.45) is 0 Å². The summed E-state index contributed by atoms with van der Waals surface area (Å²) in [6, 6.07) is 1.63. The van der Waals surface area contributed by atoms with Crippen molar-refractivity contribution >= 4 is 11.6 Å². The zero-order valence-electron chi connectivity index (χ0n) is 9.82. The molecule has 0 radical (unpaired) electrons. The van der Waals surface area contributed by atoms with Crippen molar-refractivity contribution in [2.45, 2.75) is 19.6 Å². The number of aromatic nitrogens is 3. The van der Waals surface area contributed by atoms with Gasteiger partial charge in [0, 0.05) is 0 Å². The molecule has 0 spiro atoms. The van der Waals surface area contributed by atoms with E-state index in [1.807, 2.05) is 0 Å². The highest BCUT2D eigenvalue weighted by Crippen LogP contribution is 2.31. The first kappa shape index (κ1) is 13.1. The third-order valence-corrected chi connectivity index (χ3v) is 2.16. The van der Waals surface area contributed by atoms with Crippen molar-refractivity contribution in [1.82, 2.24) is 15.1 Å². The number of hydrogen-bond acceptors (Lipinski definition) is 6. The van der Waals surface area contributed by atoms with Crippen molar-refractivity contribution in [3.05, 3.63) is 29.4 Å². The molecule has 9 heteroatoms. The van der Waals surface area contributed by atoms with Crippen molar-refractivity contribution in [3.63, 3.8) is 0 Å². The predicted octanol–water partition coefficient (Wildman–Crippen LogP) is 1.99. The number of hydrogen-bond donors (Lipinski definition) is 2. The van der Waals surface area contributed by atoms with Crippen LogP contribution in [0, 0.1) is 6.92 Å². The molecule has 0 unspecified atom stereocenters. The standard InChI is InChI=1S/C10H10F3N5O/c1-5-16-9(19-18-5)4-15-8-3-6(10(11,12)13)2-7(14)17-8/h2-3H,4H2,1H3,(H3,14,15,17). The molecule has 0 fully saturated rings. The maximum absolute atomic E-state index is 12.6. The average molecular weight is 273 g/mol. The molecule has 0 saturated carbocycles. The fourth-order valence-corrected chi connectivity index (χ4v) is 1.38. The molecular formula is C10H10F3N5O. The number of nitrogens with one attached hydrogen (secondary N) is 1. The molecular weight excluding hydrogens is 263 g/mol. The van der Waals surface area contributed by atoms with E-state index in [1.54, 1.807) is 6.92 Å². The number of alkyl halides is 3. The summed E-state index contributed by atoms with van der Waals surface area (Å²) < 4.78 is 42.5. The first-order valence-electron chi connectivity index (χ1n) is 5.22. The minimum atomic E-state index is -4.48. The summed E-state index contributed by atoms with van der Waals surface area (Å²) >= 11 is 0. The Morgan fingerprint density at radius 2 is 2.05 bits per heavy atom. The van der Waals surface area contributed by atoms with Gasteiger partial charge >= 0.3 is 6.18 Å². The van der Waals surface area contributed by atoms with Gasteiger partial charge in [-0.2, -0.15) is 18.2 Å². The van der Waals surface area contributed by atoms with Crippen LogP contribution in [0.5, 0.6) is 0 Å². The van der Waals surface area contributed by atoms with E-state index < -0.39 is 11.7 Å². The minimum absolute atomic E-state index is 0.0109. The lowest BCUT2D eigenvalue weighted by atomic mass is 10.2. The van der Waals surface area contributed by atoms with Gasteiger partial charge in [0.15, 0.2) is 5.82 Å². The molecule has 102 valence electrons. The number of nitrogens with two attached hydrogens (primary N) is 1. The van der Waals surface area contributed by atoms with E-state index in [9.17, 15) is 13.2 Å². The van der Waals surface area contributed by atoms with Gasteiger partial charge in [-0.25, -0.2) is 4.98 Å². The van der Waals surface area contributed by atoms with E-state index in [2.05, 4.69) is 20.4 Å². The van der Waals surface area contributed by atoms with E-state index in [0.29, 0.717) is 5.82 Å². The van der Waals surface area contributed by atoms with Crippen molar-refractivity contribution < 1.29 is 17.7 Å². The molecule has 0 saturated heterocycles. The van der Waals surface area contributed by atoms with Gasteiger partial charge in [0.25, 0.3) is 0 Å². The summed E-state index contributed by atoms with van der Waals surface area (Å²) in [7, 11) is 0. The van der Waals surface area contributed by atoms with Crippen LogP contribution in [0.25, 0.3) is 0 Å². The van der Waals surface area contributed by atoms with Gasteiger partial charge in [0.2, 0.25) is 5.89 Å². The second-order valence-corrected chi connectivity index (χ2v) is 3.75. The van der Waals surface area contributed by atoms with Crippen LogP contribution < -0.4 is 11.1 Å². The molecule has 2 heterocycles. The lowest BCUT2D eigenvalue weighted by molar-refractivity contribution is -0.137. The molecule has 2 rings (SSSR count). The zero-order valence-corrected chi connectivity index (χ0v) is 9.82. The largest absolute Gasteiger partial charge is 0.416 e. The number of aryl methyl sites for hydroxylation is 1. The van der Waals surface area contributed by atoms with Crippen LogP contribution in [0.15, 0.2) is 16.7 Å². The summed E-state index contributed by atoms with van der Waals surface area (Å²) in [5, 5.41) is 6.19. The Kier molecular flexibility index (Phi) is 3.28. The van der Waals surface area contributed by atoms with Crippen molar-refractivity contribution in [2.75, 3.05) is 11.1 Å². The topological polar surface area (TPSA) is 89.9 Å². The summed E-state index contributed by atoms with van der Waals surface area (Å²) in [5.41, 5.74) is 4.46. The molecule has 0 atom stereocenters. The number of nitrogens with zero attached hydrogens (tertiary/aromatic N) is 3. The number of pyridine rings is 1. The number of nitrogen functional groups attached to an aromatic ring is 1. The summed E-state index contributed by atoms with van der Waals surface area (Å²) in [6.45, 7) is 1.70. The Hall–Kier alpha value is -2.32. The normalized spacial score (nSPS) is 11.6. The van der Waals surface area contributed by atoms with Crippen LogP contribution in [-0.2, 0) is 12.7 Å². The van der Waals surface area contributed by atoms with Crippen LogP contribution in [0.1, 0.15) is 17.3 Å². The lowest BCUT2D eigenvalue weighted by Gasteiger charge is -2.10. The number of anilines is 2. The molecule has 0 aliphatic carbocycles. The first-order chi connectivity index (χ1) is 8.84. The van der Waals surface area contributed by atoms with Gasteiger partial charge in [-0.1, -0.05) is 5.16 Å². The molecule has 0 aliphatic heterocycles. The van der Waals surface area contributed by atoms with E-state index in [-0.39, 0.29) is 24.1 Å². The van der Waals surface area contributed by atoms with E-state index in [0.717, 1.165) is 12.1 Å². The van der Waals surface area contributed by atoms with Gasteiger partial charge in [0.05, 0.1) is 12.1 Å². The second-order valence-electron chi connectivity index (χ2n) is 3.75. The third-order valence-electron chi connectivity index (χ3n) is 2.16. The van der Waals surface area contributed by atoms with Crippen LogP contribution in [0.4, 0.5) is 24.8 Å². The van der Waals surface area contributed by atoms with Gasteiger partial charge in [0.1, 0.15) is 11.6 Å². The van der Waals surface area contributed by atoms with Gasteiger partial charge in [-0.3, -0.25) is 0 Å². The highest BCUT2D eigenvalue weighted by Gasteiger charge is 2.31. The van der Waals surface area contributed by atoms with Crippen LogP contribution in [0.3, 0.4) is 0 Å². The Bertz CT molecular complexity index is 581. The van der Waals surface area contributed by atoms with Gasteiger partial charge in [-0.15, -0.1) is 0 Å². The number of rotatable bonds is 3. The quantitative estimate of drug-likeness (QED) is 0.888. The highest BCUT2D eigenvalue weighted by atomic mass is 19.4. The number of halogens is 3. The Balaban J connectivity index is 2.14.